The zero-order valence-corrected chi connectivity index (χ0v) is 15.1. The number of benzene rings is 1. The molecule has 7 nitrogen and oxygen atoms in total. The number of amides is 1. The van der Waals surface area contributed by atoms with Crippen molar-refractivity contribution in [2.24, 2.45) is 0 Å². The van der Waals surface area contributed by atoms with Crippen molar-refractivity contribution in [2.75, 3.05) is 39.9 Å². The van der Waals surface area contributed by atoms with Gasteiger partial charge in [0.1, 0.15) is 0 Å². The molecule has 134 valence electrons. The Labute approximate surface area is 143 Å². The van der Waals surface area contributed by atoms with Crippen molar-refractivity contribution in [1.82, 2.24) is 9.21 Å². The lowest BCUT2D eigenvalue weighted by Gasteiger charge is -2.23. The summed E-state index contributed by atoms with van der Waals surface area (Å²) in [6, 6.07) is 4.52. The molecule has 1 aliphatic heterocycles. The van der Waals surface area contributed by atoms with E-state index in [4.69, 9.17) is 9.47 Å². The van der Waals surface area contributed by atoms with Crippen molar-refractivity contribution in [2.45, 2.75) is 25.2 Å². The molecule has 0 radical (unpaired) electrons. The van der Waals surface area contributed by atoms with E-state index < -0.39 is 10.0 Å². The predicted octanol–water partition coefficient (Wildman–Crippen LogP) is 1.34. The zero-order valence-electron chi connectivity index (χ0n) is 14.3. The van der Waals surface area contributed by atoms with Gasteiger partial charge in [-0.25, -0.2) is 8.42 Å². The Hall–Kier alpha value is -1.80. The Balaban J connectivity index is 2.20. The Morgan fingerprint density at radius 1 is 1.12 bits per heavy atom. The Kier molecular flexibility index (Phi) is 6.06. The molecule has 1 amide bonds. The third kappa shape index (κ3) is 3.99. The van der Waals surface area contributed by atoms with E-state index >= 15 is 0 Å². The monoisotopic (exact) mass is 356 g/mol. The first-order chi connectivity index (χ1) is 11.4. The van der Waals surface area contributed by atoms with Gasteiger partial charge in [0.2, 0.25) is 15.9 Å². The first-order valence-corrected chi connectivity index (χ1v) is 9.48. The lowest BCUT2D eigenvalue weighted by Crippen LogP contribution is -2.40. The fourth-order valence-electron chi connectivity index (χ4n) is 2.44. The molecule has 0 fully saturated rings. The van der Waals surface area contributed by atoms with Gasteiger partial charge in [-0.1, -0.05) is 0 Å². The quantitative estimate of drug-likeness (QED) is 0.769. The minimum absolute atomic E-state index is 0.0848. The van der Waals surface area contributed by atoms with Crippen LogP contribution in [0.2, 0.25) is 0 Å². The maximum Gasteiger partial charge on any atom is 0.243 e. The second-order valence-electron chi connectivity index (χ2n) is 5.49. The van der Waals surface area contributed by atoms with E-state index in [0.717, 1.165) is 10.7 Å². The summed E-state index contributed by atoms with van der Waals surface area (Å²) in [5, 5.41) is 0. The Morgan fingerprint density at radius 2 is 1.75 bits per heavy atom. The van der Waals surface area contributed by atoms with Crippen LogP contribution in [-0.2, 0) is 14.8 Å². The minimum atomic E-state index is -3.78. The maximum absolute atomic E-state index is 12.7. The molecule has 0 spiro atoms. The number of carbonyl (C=O) groups excluding carboxylic acids is 1. The summed E-state index contributed by atoms with van der Waals surface area (Å²) in [4.78, 5) is 13.8. The highest BCUT2D eigenvalue weighted by Crippen LogP contribution is 2.32. The number of likely N-dealkylation sites (N-methyl/N-ethyl adjacent to an activating group) is 2. The van der Waals surface area contributed by atoms with E-state index in [1.54, 1.807) is 11.0 Å². The summed E-state index contributed by atoms with van der Waals surface area (Å²) in [6.45, 7) is 5.64. The summed E-state index contributed by atoms with van der Waals surface area (Å²) in [6.07, 6.45) is 0.745. The molecule has 0 N–H and O–H groups in total. The third-order valence-corrected chi connectivity index (χ3v) is 5.70. The molecular formula is C16H24N2O5S. The van der Waals surface area contributed by atoms with Gasteiger partial charge in [-0.05, 0) is 26.0 Å². The van der Waals surface area contributed by atoms with Crippen molar-refractivity contribution in [3.05, 3.63) is 18.2 Å². The fourth-order valence-corrected chi connectivity index (χ4v) is 3.57. The maximum atomic E-state index is 12.7. The summed E-state index contributed by atoms with van der Waals surface area (Å²) in [7, 11) is -2.38. The van der Waals surface area contributed by atoms with Crippen molar-refractivity contribution in [3.8, 4) is 11.5 Å². The third-order valence-electron chi connectivity index (χ3n) is 3.90. The fraction of sp³-hybridized carbons (Fsp3) is 0.562. The number of ether oxygens (including phenoxy) is 2. The molecule has 0 atom stereocenters. The molecule has 0 aromatic heterocycles. The van der Waals surface area contributed by atoms with Crippen LogP contribution in [0.25, 0.3) is 0 Å². The smallest absolute Gasteiger partial charge is 0.243 e. The highest BCUT2D eigenvalue weighted by atomic mass is 32.2. The molecular weight excluding hydrogens is 332 g/mol. The summed E-state index contributed by atoms with van der Waals surface area (Å²) in [5.74, 6) is 0.728. The number of nitrogens with zero attached hydrogens (tertiary/aromatic N) is 2. The molecule has 8 heteroatoms. The van der Waals surface area contributed by atoms with E-state index in [9.17, 15) is 13.2 Å². The van der Waals surface area contributed by atoms with Gasteiger partial charge in [-0.2, -0.15) is 4.31 Å². The number of hydrogen-bond donors (Lipinski definition) is 0. The van der Waals surface area contributed by atoms with Crippen LogP contribution < -0.4 is 9.47 Å². The number of rotatable bonds is 6. The molecule has 0 saturated carbocycles. The normalized spacial score (nSPS) is 14.3. The average Bonchev–Trinajstić information content (AvgIpc) is 2.80. The van der Waals surface area contributed by atoms with Crippen LogP contribution >= 0.6 is 0 Å². The van der Waals surface area contributed by atoms with Crippen LogP contribution in [0.1, 0.15) is 20.3 Å². The Morgan fingerprint density at radius 3 is 2.38 bits per heavy atom. The van der Waals surface area contributed by atoms with E-state index in [0.29, 0.717) is 37.8 Å². The topological polar surface area (TPSA) is 76.2 Å². The van der Waals surface area contributed by atoms with Gasteiger partial charge in [0.25, 0.3) is 0 Å². The first-order valence-electron chi connectivity index (χ1n) is 8.04. The standard InChI is InChI=1S/C16H24N2O5S/c1-4-18(5-2)16(19)12-17(3)24(20,21)13-7-8-14-15(11-13)23-10-6-9-22-14/h7-8,11H,4-6,9-10,12H2,1-3H3. The van der Waals surface area contributed by atoms with Gasteiger partial charge >= 0.3 is 0 Å². The van der Waals surface area contributed by atoms with Gasteiger partial charge in [0, 0.05) is 32.6 Å². The van der Waals surface area contributed by atoms with Crippen LogP contribution in [0, 0.1) is 0 Å². The van der Waals surface area contributed by atoms with Crippen molar-refractivity contribution >= 4 is 15.9 Å². The molecule has 1 aromatic carbocycles. The second-order valence-corrected chi connectivity index (χ2v) is 7.53. The van der Waals surface area contributed by atoms with E-state index in [1.165, 1.54) is 19.2 Å². The van der Waals surface area contributed by atoms with Gasteiger partial charge in [-0.15, -0.1) is 0 Å². The Bertz CT molecular complexity index is 686. The van der Waals surface area contributed by atoms with Crippen LogP contribution in [0.5, 0.6) is 11.5 Å². The molecule has 1 aromatic rings. The van der Waals surface area contributed by atoms with Crippen LogP contribution in [0.15, 0.2) is 23.1 Å². The van der Waals surface area contributed by atoms with Crippen LogP contribution in [0.4, 0.5) is 0 Å². The lowest BCUT2D eigenvalue weighted by atomic mass is 10.3. The molecule has 0 aliphatic carbocycles. The van der Waals surface area contributed by atoms with Crippen LogP contribution in [-0.4, -0.2) is 63.4 Å². The van der Waals surface area contributed by atoms with Crippen LogP contribution in [0.3, 0.4) is 0 Å². The van der Waals surface area contributed by atoms with Gasteiger partial charge in [-0.3, -0.25) is 4.79 Å². The summed E-state index contributed by atoms with van der Waals surface area (Å²) >= 11 is 0. The van der Waals surface area contributed by atoms with Crippen molar-refractivity contribution < 1.29 is 22.7 Å². The predicted molar refractivity (Wildman–Crippen MR) is 89.8 cm³/mol. The average molecular weight is 356 g/mol. The lowest BCUT2D eigenvalue weighted by molar-refractivity contribution is -0.130. The molecule has 24 heavy (non-hydrogen) atoms. The number of hydrogen-bond acceptors (Lipinski definition) is 5. The van der Waals surface area contributed by atoms with Crippen molar-refractivity contribution in [3.63, 3.8) is 0 Å². The number of sulfonamides is 1. The molecule has 2 rings (SSSR count). The van der Waals surface area contributed by atoms with Gasteiger partial charge in [0.15, 0.2) is 11.5 Å². The van der Waals surface area contributed by atoms with Gasteiger partial charge in [0.05, 0.1) is 24.7 Å². The minimum Gasteiger partial charge on any atom is -0.490 e. The highest BCUT2D eigenvalue weighted by Gasteiger charge is 2.26. The zero-order chi connectivity index (χ0) is 17.7. The van der Waals surface area contributed by atoms with Crippen molar-refractivity contribution in [1.29, 1.82) is 0 Å². The van der Waals surface area contributed by atoms with E-state index in [1.807, 2.05) is 13.8 Å². The van der Waals surface area contributed by atoms with Gasteiger partial charge < -0.3 is 14.4 Å². The van der Waals surface area contributed by atoms with E-state index in [-0.39, 0.29) is 17.3 Å². The number of fused-ring (bicyclic) bond motifs is 1. The highest BCUT2D eigenvalue weighted by molar-refractivity contribution is 7.89. The molecule has 0 unspecified atom stereocenters. The molecule has 0 bridgehead atoms. The molecule has 1 aliphatic rings. The second kappa shape index (κ2) is 7.85. The number of carbonyl (C=O) groups is 1. The molecule has 0 saturated heterocycles. The largest absolute Gasteiger partial charge is 0.490 e. The molecule has 1 heterocycles. The first kappa shape index (κ1) is 18.5. The summed E-state index contributed by atoms with van der Waals surface area (Å²) < 4.78 is 37.5. The van der Waals surface area contributed by atoms with E-state index in [2.05, 4.69) is 0 Å². The SMILES string of the molecule is CCN(CC)C(=O)CN(C)S(=O)(=O)c1ccc2c(c1)OCCCO2. The summed E-state index contributed by atoms with van der Waals surface area (Å²) in [5.41, 5.74) is 0.